The zero-order valence-corrected chi connectivity index (χ0v) is 19.2. The van der Waals surface area contributed by atoms with E-state index in [1.54, 1.807) is 0 Å². The van der Waals surface area contributed by atoms with Gasteiger partial charge in [-0.2, -0.15) is 0 Å². The van der Waals surface area contributed by atoms with Crippen LogP contribution in [0.25, 0.3) is 0 Å². The summed E-state index contributed by atoms with van der Waals surface area (Å²) >= 11 is 0. The van der Waals surface area contributed by atoms with Gasteiger partial charge in [-0.25, -0.2) is 0 Å². The van der Waals surface area contributed by atoms with Gasteiger partial charge in [0.25, 0.3) is 0 Å². The van der Waals surface area contributed by atoms with Gasteiger partial charge in [0.1, 0.15) is 5.60 Å². The number of hydrogen-bond acceptors (Lipinski definition) is 5. The zero-order valence-electron chi connectivity index (χ0n) is 17.2. The summed E-state index contributed by atoms with van der Waals surface area (Å²) < 4.78 is 26.0. The molecule has 0 aromatic carbocycles. The Morgan fingerprint density at radius 2 is 1.71 bits per heavy atom. The molecule has 1 heterocycles. The van der Waals surface area contributed by atoms with Gasteiger partial charge in [0.05, 0.1) is 11.2 Å². The monoisotopic (exact) mass is 377 g/mol. The van der Waals surface area contributed by atoms with Crippen molar-refractivity contribution in [3.8, 4) is 0 Å². The fraction of sp³-hybridized carbons (Fsp3) is 1.00. The molecule has 5 nitrogen and oxygen atoms in total. The third kappa shape index (κ3) is 4.31. The molecule has 3 atom stereocenters. The molecule has 144 valence electrons. The van der Waals surface area contributed by atoms with E-state index in [9.17, 15) is 0 Å². The zero-order chi connectivity index (χ0) is 18.9. The molecule has 1 aliphatic rings. The van der Waals surface area contributed by atoms with E-state index in [1.165, 1.54) is 0 Å². The lowest BCUT2D eigenvalue weighted by molar-refractivity contribution is -0.145. The molecular formula is C17H39NO4Si2. The summed E-state index contributed by atoms with van der Waals surface area (Å²) in [6.07, 6.45) is 1.68. The van der Waals surface area contributed by atoms with Gasteiger partial charge in [-0.15, -0.1) is 0 Å². The molecule has 1 unspecified atom stereocenters. The minimum Gasteiger partial charge on any atom is -0.410 e. The maximum atomic E-state index is 6.73. The average molecular weight is 378 g/mol. The summed E-state index contributed by atoms with van der Waals surface area (Å²) in [6.45, 7) is 20.5. The van der Waals surface area contributed by atoms with Crippen molar-refractivity contribution in [2.45, 2.75) is 96.9 Å². The number of nitrogens with two attached hydrogens (primary N) is 1. The molecule has 0 amide bonds. The van der Waals surface area contributed by atoms with Crippen LogP contribution in [0.1, 0.15) is 54.4 Å². The second-order valence-electron chi connectivity index (χ2n) is 8.55. The van der Waals surface area contributed by atoms with Crippen LogP contribution in [-0.2, 0) is 17.7 Å². The predicted molar refractivity (Wildman–Crippen MR) is 104 cm³/mol. The van der Waals surface area contributed by atoms with Crippen LogP contribution in [0.3, 0.4) is 0 Å². The van der Waals surface area contributed by atoms with Crippen molar-refractivity contribution in [3.05, 3.63) is 0 Å². The maximum Gasteiger partial charge on any atom is 0.502 e. The third-order valence-electron chi connectivity index (χ3n) is 5.19. The first-order chi connectivity index (χ1) is 10.8. The van der Waals surface area contributed by atoms with E-state index in [0.29, 0.717) is 13.2 Å². The minimum atomic E-state index is -2.77. The van der Waals surface area contributed by atoms with Crippen LogP contribution in [0.5, 0.6) is 0 Å². The maximum absolute atomic E-state index is 6.73. The Morgan fingerprint density at radius 1 is 1.12 bits per heavy atom. The first-order valence-electron chi connectivity index (χ1n) is 9.25. The molecule has 1 saturated heterocycles. The quantitative estimate of drug-likeness (QED) is 0.617. The van der Waals surface area contributed by atoms with Crippen molar-refractivity contribution in [3.63, 3.8) is 0 Å². The lowest BCUT2D eigenvalue weighted by Crippen LogP contribution is -2.63. The normalized spacial score (nSPS) is 34.8. The Bertz CT molecular complexity index is 429. The van der Waals surface area contributed by atoms with Gasteiger partial charge in [0.15, 0.2) is 8.32 Å². The molecule has 1 rings (SSSR count). The summed E-state index contributed by atoms with van der Waals surface area (Å²) in [6, 6.07) is 0.756. The van der Waals surface area contributed by atoms with E-state index >= 15 is 0 Å². The molecule has 0 saturated carbocycles. The summed E-state index contributed by atoms with van der Waals surface area (Å²) in [7, 11) is -4.53. The predicted octanol–water partition coefficient (Wildman–Crippen LogP) is 3.91. The van der Waals surface area contributed by atoms with Gasteiger partial charge >= 0.3 is 8.80 Å². The molecule has 0 aromatic heterocycles. The average Bonchev–Trinajstić information content (AvgIpc) is 2.65. The van der Waals surface area contributed by atoms with Crippen molar-refractivity contribution in [2.24, 2.45) is 5.73 Å². The molecule has 1 fully saturated rings. The van der Waals surface area contributed by atoms with E-state index in [4.69, 9.17) is 23.4 Å². The van der Waals surface area contributed by atoms with Crippen molar-refractivity contribution in [1.82, 2.24) is 0 Å². The summed E-state index contributed by atoms with van der Waals surface area (Å²) in [5.74, 6) is 0. The highest BCUT2D eigenvalue weighted by Crippen LogP contribution is 2.52. The molecular weight excluding hydrogens is 338 g/mol. The lowest BCUT2D eigenvalue weighted by atomic mass is 9.73. The largest absolute Gasteiger partial charge is 0.502 e. The van der Waals surface area contributed by atoms with Gasteiger partial charge < -0.3 is 23.4 Å². The third-order valence-corrected chi connectivity index (χ3v) is 9.48. The molecule has 7 heteroatoms. The number of hydrogen-bond donors (Lipinski definition) is 1. The highest BCUT2D eigenvalue weighted by atomic mass is 28.4. The molecule has 0 radical (unpaired) electrons. The molecule has 2 N–H and O–H groups in total. The van der Waals surface area contributed by atoms with E-state index in [1.807, 2.05) is 6.92 Å². The van der Waals surface area contributed by atoms with Crippen molar-refractivity contribution in [2.75, 3.05) is 13.2 Å². The van der Waals surface area contributed by atoms with Crippen LogP contribution in [0.2, 0.25) is 25.7 Å². The van der Waals surface area contributed by atoms with Crippen LogP contribution in [-0.4, -0.2) is 47.1 Å². The topological polar surface area (TPSA) is 62.9 Å². The van der Waals surface area contributed by atoms with Crippen molar-refractivity contribution >= 4 is 17.1 Å². The van der Waals surface area contributed by atoms with E-state index < -0.39 is 33.9 Å². The van der Waals surface area contributed by atoms with Crippen molar-refractivity contribution < 1.29 is 17.7 Å². The minimum absolute atomic E-state index is 0.452. The second kappa shape index (κ2) is 7.46. The second-order valence-corrected chi connectivity index (χ2v) is 15.5. The van der Waals surface area contributed by atoms with Gasteiger partial charge in [0, 0.05) is 12.7 Å². The van der Waals surface area contributed by atoms with E-state index in [2.05, 4.69) is 54.3 Å². The molecule has 0 bridgehead atoms. The van der Waals surface area contributed by atoms with Crippen LogP contribution < -0.4 is 5.73 Å². The highest BCUT2D eigenvalue weighted by molar-refractivity contribution is 6.69. The Kier molecular flexibility index (Phi) is 6.93. The fourth-order valence-electron chi connectivity index (χ4n) is 3.68. The standard InChI is InChI=1S/C17H39NO4Si2/c1-10-16(5)17(6,15(3,4)20-23(7,8)9)22-24(21-16,19-11-2)14-12-13-18/h10-14,18H2,1-9H3/t16-,17+,24?/m1/s1. The van der Waals surface area contributed by atoms with Crippen LogP contribution in [0, 0.1) is 0 Å². The van der Waals surface area contributed by atoms with Gasteiger partial charge in [0.2, 0.25) is 0 Å². The van der Waals surface area contributed by atoms with Gasteiger partial charge in [-0.3, -0.25) is 0 Å². The van der Waals surface area contributed by atoms with Crippen LogP contribution in [0.15, 0.2) is 0 Å². The lowest BCUT2D eigenvalue weighted by Gasteiger charge is -2.50. The summed E-state index contributed by atoms with van der Waals surface area (Å²) in [4.78, 5) is 0. The summed E-state index contributed by atoms with van der Waals surface area (Å²) in [5, 5.41) is 0. The van der Waals surface area contributed by atoms with E-state index in [0.717, 1.165) is 18.9 Å². The smallest absolute Gasteiger partial charge is 0.410 e. The summed E-state index contributed by atoms with van der Waals surface area (Å²) in [5.41, 5.74) is 4.23. The Hall–Kier alpha value is 0.234. The van der Waals surface area contributed by atoms with Gasteiger partial charge in [-0.1, -0.05) is 6.92 Å². The van der Waals surface area contributed by atoms with Crippen LogP contribution in [0.4, 0.5) is 0 Å². The molecule has 0 aromatic rings. The Balaban J connectivity index is 3.28. The Morgan fingerprint density at radius 3 is 2.12 bits per heavy atom. The van der Waals surface area contributed by atoms with Crippen LogP contribution >= 0.6 is 0 Å². The number of rotatable bonds is 9. The SMILES string of the molecule is CCO[Si]1(CCCN)O[C@](C)(CC)[C@](C)(C(C)(C)O[Si](C)(C)C)O1. The van der Waals surface area contributed by atoms with Crippen molar-refractivity contribution in [1.29, 1.82) is 0 Å². The first kappa shape index (κ1) is 22.3. The molecule has 0 aliphatic carbocycles. The van der Waals surface area contributed by atoms with Gasteiger partial charge in [-0.05, 0) is 73.6 Å². The highest BCUT2D eigenvalue weighted by Gasteiger charge is 2.69. The first-order valence-corrected chi connectivity index (χ1v) is 14.6. The molecule has 1 aliphatic heterocycles. The fourth-order valence-corrected chi connectivity index (χ4v) is 9.10. The Labute approximate surface area is 151 Å². The molecule has 0 spiro atoms. The van der Waals surface area contributed by atoms with E-state index in [-0.39, 0.29) is 0 Å². The molecule has 24 heavy (non-hydrogen) atoms.